The first-order valence-electron chi connectivity index (χ1n) is 14.3. The predicted molar refractivity (Wildman–Crippen MR) is 180 cm³/mol. The van der Waals surface area contributed by atoms with Crippen molar-refractivity contribution in [1.29, 1.82) is 0 Å². The molecule has 0 saturated carbocycles. The van der Waals surface area contributed by atoms with Gasteiger partial charge in [0.15, 0.2) is 5.58 Å². The van der Waals surface area contributed by atoms with Gasteiger partial charge < -0.3 is 4.42 Å². The number of furan rings is 1. The van der Waals surface area contributed by atoms with E-state index in [0.717, 1.165) is 11.2 Å². The smallest absolute Gasteiger partial charge is 0.154 e. The van der Waals surface area contributed by atoms with Gasteiger partial charge in [-0.2, -0.15) is 0 Å². The van der Waals surface area contributed by atoms with E-state index in [4.69, 9.17) is 4.42 Å². The van der Waals surface area contributed by atoms with Gasteiger partial charge in [-0.1, -0.05) is 127 Å². The molecule has 0 N–H and O–H groups in total. The zero-order chi connectivity index (χ0) is 27.6. The van der Waals surface area contributed by atoms with E-state index in [1.54, 1.807) is 0 Å². The molecule has 0 radical (unpaired) electrons. The van der Waals surface area contributed by atoms with Gasteiger partial charge in [0.25, 0.3) is 0 Å². The fourth-order valence-corrected chi connectivity index (χ4v) is 7.85. The van der Waals surface area contributed by atoms with Crippen molar-refractivity contribution in [2.45, 2.75) is 0 Å². The van der Waals surface area contributed by atoms with Crippen molar-refractivity contribution in [3.63, 3.8) is 0 Å². The van der Waals surface area contributed by atoms with Crippen molar-refractivity contribution in [1.82, 2.24) is 0 Å². The quantitative estimate of drug-likeness (QED) is 0.199. The van der Waals surface area contributed by atoms with Gasteiger partial charge in [-0.15, -0.1) is 11.3 Å². The summed E-state index contributed by atoms with van der Waals surface area (Å²) in [6, 6.07) is 52.4. The lowest BCUT2D eigenvalue weighted by Gasteiger charge is -2.18. The Hall–Kier alpha value is -5.18. The molecule has 0 saturated heterocycles. The van der Waals surface area contributed by atoms with E-state index in [9.17, 15) is 0 Å². The Labute approximate surface area is 246 Å². The largest absolute Gasteiger partial charge is 0.454 e. The normalized spacial score (nSPS) is 11.8. The Balaban J connectivity index is 1.26. The Morgan fingerprint density at radius 3 is 1.57 bits per heavy atom. The van der Waals surface area contributed by atoms with Gasteiger partial charge in [0, 0.05) is 15.5 Å². The van der Waals surface area contributed by atoms with Gasteiger partial charge in [-0.25, -0.2) is 0 Å². The molecular formula is C40H24OS. The molecule has 9 aromatic rings. The molecule has 0 amide bonds. The van der Waals surface area contributed by atoms with Crippen LogP contribution in [0.3, 0.4) is 0 Å². The average Bonchev–Trinajstić information content (AvgIpc) is 3.60. The standard InChI is InChI=1S/C40H24OS/c1-2-11-26(12-3-1)36-29-13-4-6-15-31(29)37(32-16-7-5-14-30(32)36)27-23-21-25(22-24-27)28-18-10-20-35-38(28)39-40(42-35)33-17-8-9-19-34(33)41-39/h1-24H. The van der Waals surface area contributed by atoms with E-state index in [2.05, 4.69) is 140 Å². The van der Waals surface area contributed by atoms with Crippen LogP contribution in [0.5, 0.6) is 0 Å². The molecule has 0 atom stereocenters. The Bertz CT molecular complexity index is 2390. The van der Waals surface area contributed by atoms with E-state index in [1.807, 2.05) is 17.4 Å². The number of rotatable bonds is 3. The molecule has 0 unspecified atom stereocenters. The highest BCUT2D eigenvalue weighted by atomic mass is 32.1. The van der Waals surface area contributed by atoms with E-state index in [0.29, 0.717) is 0 Å². The first-order chi connectivity index (χ1) is 20.8. The highest BCUT2D eigenvalue weighted by Crippen LogP contribution is 2.46. The SMILES string of the molecule is c1ccc(-c2c3ccccc3c(-c3ccc(-c4cccc5sc6c7ccccc7oc6c45)cc3)c3ccccc23)cc1. The van der Waals surface area contributed by atoms with Crippen LogP contribution in [0.25, 0.3) is 86.3 Å². The summed E-state index contributed by atoms with van der Waals surface area (Å²) < 4.78 is 8.89. The Morgan fingerprint density at radius 1 is 0.405 bits per heavy atom. The predicted octanol–water partition coefficient (Wildman–Crippen LogP) is 12.1. The summed E-state index contributed by atoms with van der Waals surface area (Å²) in [6.45, 7) is 0. The van der Waals surface area contributed by atoms with Crippen LogP contribution in [-0.2, 0) is 0 Å². The van der Waals surface area contributed by atoms with Crippen molar-refractivity contribution < 1.29 is 4.42 Å². The molecule has 2 aromatic heterocycles. The molecule has 2 heteroatoms. The number of thiophene rings is 1. The molecule has 0 fully saturated rings. The lowest BCUT2D eigenvalue weighted by molar-refractivity contribution is 0.673. The topological polar surface area (TPSA) is 13.1 Å². The maximum absolute atomic E-state index is 6.42. The van der Waals surface area contributed by atoms with Crippen LogP contribution in [0, 0.1) is 0 Å². The van der Waals surface area contributed by atoms with Crippen LogP contribution in [0.15, 0.2) is 150 Å². The number of benzene rings is 7. The molecule has 9 rings (SSSR count). The third-order valence-corrected chi connectivity index (χ3v) is 9.66. The Kier molecular flexibility index (Phi) is 5.13. The average molecular weight is 553 g/mol. The summed E-state index contributed by atoms with van der Waals surface area (Å²) in [5.74, 6) is 0. The van der Waals surface area contributed by atoms with E-state index in [-0.39, 0.29) is 0 Å². The highest BCUT2D eigenvalue weighted by molar-refractivity contribution is 7.26. The molecule has 7 aromatic carbocycles. The maximum Gasteiger partial charge on any atom is 0.154 e. The van der Waals surface area contributed by atoms with Crippen LogP contribution in [0.1, 0.15) is 0 Å². The maximum atomic E-state index is 6.42. The lowest BCUT2D eigenvalue weighted by Crippen LogP contribution is -1.90. The summed E-state index contributed by atoms with van der Waals surface area (Å²) >= 11 is 1.82. The van der Waals surface area contributed by atoms with Crippen LogP contribution >= 0.6 is 11.3 Å². The van der Waals surface area contributed by atoms with Gasteiger partial charge >= 0.3 is 0 Å². The van der Waals surface area contributed by atoms with Crippen LogP contribution in [0.4, 0.5) is 0 Å². The molecule has 0 bridgehead atoms. The van der Waals surface area contributed by atoms with E-state index in [1.165, 1.54) is 75.1 Å². The number of para-hydroxylation sites is 1. The molecule has 0 aliphatic heterocycles. The molecule has 196 valence electrons. The molecular weight excluding hydrogens is 529 g/mol. The first-order valence-corrected chi connectivity index (χ1v) is 15.1. The third kappa shape index (κ3) is 3.43. The van der Waals surface area contributed by atoms with Gasteiger partial charge in [-0.05, 0) is 73.1 Å². The van der Waals surface area contributed by atoms with Crippen molar-refractivity contribution in [3.05, 3.63) is 146 Å². The van der Waals surface area contributed by atoms with Gasteiger partial charge in [0.05, 0.1) is 4.70 Å². The summed E-state index contributed by atoms with van der Waals surface area (Å²) in [5, 5.41) is 7.48. The molecule has 42 heavy (non-hydrogen) atoms. The zero-order valence-corrected chi connectivity index (χ0v) is 23.5. The second kappa shape index (κ2) is 9.17. The summed E-state index contributed by atoms with van der Waals surface area (Å²) in [4.78, 5) is 0. The second-order valence-corrected chi connectivity index (χ2v) is 11.9. The summed E-state index contributed by atoms with van der Waals surface area (Å²) in [7, 11) is 0. The lowest BCUT2D eigenvalue weighted by atomic mass is 9.85. The number of fused-ring (bicyclic) bond motifs is 7. The second-order valence-electron chi connectivity index (χ2n) is 10.8. The molecule has 1 nitrogen and oxygen atoms in total. The minimum Gasteiger partial charge on any atom is -0.454 e. The highest BCUT2D eigenvalue weighted by Gasteiger charge is 2.19. The molecule has 0 aliphatic rings. The van der Waals surface area contributed by atoms with Gasteiger partial charge in [0.1, 0.15) is 5.58 Å². The summed E-state index contributed by atoms with van der Waals surface area (Å²) in [6.07, 6.45) is 0. The van der Waals surface area contributed by atoms with Gasteiger partial charge in [0.2, 0.25) is 0 Å². The minimum absolute atomic E-state index is 0.948. The van der Waals surface area contributed by atoms with Crippen molar-refractivity contribution in [2.75, 3.05) is 0 Å². The fraction of sp³-hybridized carbons (Fsp3) is 0. The third-order valence-electron chi connectivity index (χ3n) is 8.49. The molecule has 2 heterocycles. The molecule has 0 spiro atoms. The van der Waals surface area contributed by atoms with Crippen molar-refractivity contribution >= 4 is 64.2 Å². The monoisotopic (exact) mass is 552 g/mol. The van der Waals surface area contributed by atoms with Gasteiger partial charge in [-0.3, -0.25) is 0 Å². The minimum atomic E-state index is 0.948. The van der Waals surface area contributed by atoms with E-state index >= 15 is 0 Å². The van der Waals surface area contributed by atoms with E-state index < -0.39 is 0 Å². The summed E-state index contributed by atoms with van der Waals surface area (Å²) in [5.41, 5.74) is 9.37. The Morgan fingerprint density at radius 2 is 0.929 bits per heavy atom. The number of hydrogen-bond donors (Lipinski definition) is 0. The molecule has 0 aliphatic carbocycles. The first kappa shape index (κ1) is 23.5. The van der Waals surface area contributed by atoms with Crippen molar-refractivity contribution in [3.8, 4) is 33.4 Å². The van der Waals surface area contributed by atoms with Crippen LogP contribution < -0.4 is 0 Å². The van der Waals surface area contributed by atoms with Crippen molar-refractivity contribution in [2.24, 2.45) is 0 Å². The van der Waals surface area contributed by atoms with Crippen LogP contribution in [-0.4, -0.2) is 0 Å². The number of hydrogen-bond acceptors (Lipinski definition) is 2. The zero-order valence-electron chi connectivity index (χ0n) is 22.7. The fourth-order valence-electron chi connectivity index (χ4n) is 6.66. The van der Waals surface area contributed by atoms with Crippen LogP contribution in [0.2, 0.25) is 0 Å².